The van der Waals surface area contributed by atoms with Gasteiger partial charge in [-0.25, -0.2) is 0 Å². The predicted molar refractivity (Wildman–Crippen MR) is 81.3 cm³/mol. The molecule has 1 aromatic rings. The molecule has 0 radical (unpaired) electrons. The van der Waals surface area contributed by atoms with E-state index in [1.54, 1.807) is 0 Å². The zero-order valence-corrected chi connectivity index (χ0v) is 12.6. The Labute approximate surface area is 122 Å². The molecule has 20 heavy (non-hydrogen) atoms. The summed E-state index contributed by atoms with van der Waals surface area (Å²) in [7, 11) is 0. The predicted octanol–water partition coefficient (Wildman–Crippen LogP) is 3.56. The second-order valence-electron chi connectivity index (χ2n) is 7.01. The van der Waals surface area contributed by atoms with Crippen molar-refractivity contribution < 1.29 is 4.79 Å². The average Bonchev–Trinajstić information content (AvgIpc) is 2.72. The topological polar surface area (TPSA) is 29.1 Å². The first-order chi connectivity index (χ1) is 9.60. The lowest BCUT2D eigenvalue weighted by Crippen LogP contribution is -2.46. The van der Waals surface area contributed by atoms with Crippen LogP contribution in [0.25, 0.3) is 0 Å². The number of benzene rings is 1. The quantitative estimate of drug-likeness (QED) is 0.875. The lowest BCUT2D eigenvalue weighted by Gasteiger charge is -2.45. The second-order valence-corrected chi connectivity index (χ2v) is 7.01. The summed E-state index contributed by atoms with van der Waals surface area (Å²) in [4.78, 5) is 12.1. The summed E-state index contributed by atoms with van der Waals surface area (Å²) in [6.07, 6.45) is 5.49. The largest absolute Gasteiger partial charge is 0.352 e. The minimum atomic E-state index is 0.185. The molecule has 1 amide bonds. The number of hydrogen-bond acceptors (Lipinski definition) is 1. The summed E-state index contributed by atoms with van der Waals surface area (Å²) in [6.45, 7) is 4.69. The molecule has 1 saturated heterocycles. The van der Waals surface area contributed by atoms with Crippen LogP contribution in [0.2, 0.25) is 0 Å². The third-order valence-corrected chi connectivity index (χ3v) is 5.60. The lowest BCUT2D eigenvalue weighted by atomic mass is 9.59. The van der Waals surface area contributed by atoms with Crippen molar-refractivity contribution in [1.29, 1.82) is 0 Å². The van der Waals surface area contributed by atoms with Gasteiger partial charge in [-0.3, -0.25) is 4.79 Å². The van der Waals surface area contributed by atoms with Crippen molar-refractivity contribution in [2.75, 3.05) is 0 Å². The van der Waals surface area contributed by atoms with E-state index < -0.39 is 0 Å². The van der Waals surface area contributed by atoms with Crippen molar-refractivity contribution in [3.63, 3.8) is 0 Å². The van der Waals surface area contributed by atoms with Gasteiger partial charge in [0.25, 0.3) is 0 Å². The Morgan fingerprint density at radius 2 is 1.95 bits per heavy atom. The molecule has 1 N–H and O–H groups in total. The van der Waals surface area contributed by atoms with Gasteiger partial charge in [-0.15, -0.1) is 0 Å². The highest BCUT2D eigenvalue weighted by atomic mass is 16.2. The molecule has 0 aromatic heterocycles. The van der Waals surface area contributed by atoms with Gasteiger partial charge in [0.2, 0.25) is 5.91 Å². The van der Waals surface area contributed by atoms with E-state index in [4.69, 9.17) is 0 Å². The molecule has 1 aromatic carbocycles. The fourth-order valence-electron chi connectivity index (χ4n) is 4.42. The minimum Gasteiger partial charge on any atom is -0.352 e. The fraction of sp³-hybridized carbons (Fsp3) is 0.611. The van der Waals surface area contributed by atoms with Crippen LogP contribution >= 0.6 is 0 Å². The van der Waals surface area contributed by atoms with Gasteiger partial charge in [-0.05, 0) is 36.7 Å². The first-order valence-corrected chi connectivity index (χ1v) is 7.93. The molecule has 2 fully saturated rings. The molecule has 0 bridgehead atoms. The van der Waals surface area contributed by atoms with Crippen LogP contribution in [0.5, 0.6) is 0 Å². The van der Waals surface area contributed by atoms with Gasteiger partial charge in [-0.1, -0.05) is 50.6 Å². The van der Waals surface area contributed by atoms with E-state index in [9.17, 15) is 4.79 Å². The highest BCUT2D eigenvalue weighted by molar-refractivity contribution is 5.80. The molecule has 1 heterocycles. The molecule has 3 rings (SSSR count). The van der Waals surface area contributed by atoms with Crippen molar-refractivity contribution in [2.24, 2.45) is 17.3 Å². The number of amides is 1. The van der Waals surface area contributed by atoms with Gasteiger partial charge < -0.3 is 5.32 Å². The van der Waals surface area contributed by atoms with E-state index in [0.717, 1.165) is 18.8 Å². The standard InChI is InChI=1S/C18H25NO/c1-13-8-9-14(2)18(11-13)12-17(20)19-16(18)10-15-6-4-3-5-7-15/h3-7,13-14,16H,8-12H2,1-2H3,(H,19,20). The number of hydrogen-bond donors (Lipinski definition) is 1. The Bertz CT molecular complexity index is 483. The van der Waals surface area contributed by atoms with Crippen molar-refractivity contribution in [2.45, 2.75) is 52.0 Å². The van der Waals surface area contributed by atoms with Gasteiger partial charge in [-0.2, -0.15) is 0 Å². The molecule has 2 nitrogen and oxygen atoms in total. The van der Waals surface area contributed by atoms with Crippen LogP contribution in [-0.4, -0.2) is 11.9 Å². The Morgan fingerprint density at radius 1 is 1.20 bits per heavy atom. The van der Waals surface area contributed by atoms with Gasteiger partial charge >= 0.3 is 0 Å². The van der Waals surface area contributed by atoms with Crippen LogP contribution < -0.4 is 5.32 Å². The molecular weight excluding hydrogens is 246 g/mol. The Hall–Kier alpha value is -1.31. The number of rotatable bonds is 2. The maximum absolute atomic E-state index is 12.1. The van der Waals surface area contributed by atoms with E-state index in [0.29, 0.717) is 12.0 Å². The molecule has 108 valence electrons. The first kappa shape index (κ1) is 13.7. The van der Waals surface area contributed by atoms with E-state index in [2.05, 4.69) is 49.5 Å². The Kier molecular flexibility index (Phi) is 3.57. The summed E-state index contributed by atoms with van der Waals surface area (Å²) in [5, 5.41) is 3.27. The van der Waals surface area contributed by atoms with Gasteiger partial charge in [0, 0.05) is 17.9 Å². The van der Waals surface area contributed by atoms with Crippen LogP contribution in [0.1, 0.15) is 45.1 Å². The van der Waals surface area contributed by atoms with Crippen LogP contribution in [0.15, 0.2) is 30.3 Å². The Balaban J connectivity index is 1.86. The SMILES string of the molecule is CC1CCC(C)C2(CC(=O)NC2Cc2ccccc2)C1. The third-order valence-electron chi connectivity index (χ3n) is 5.60. The van der Waals surface area contributed by atoms with Crippen molar-refractivity contribution in [3.05, 3.63) is 35.9 Å². The summed E-state index contributed by atoms with van der Waals surface area (Å²) in [5.41, 5.74) is 1.52. The molecule has 1 saturated carbocycles. The molecule has 1 aliphatic carbocycles. The minimum absolute atomic E-state index is 0.185. The molecule has 1 spiro atoms. The third kappa shape index (κ3) is 2.36. The average molecular weight is 271 g/mol. The monoisotopic (exact) mass is 271 g/mol. The summed E-state index contributed by atoms with van der Waals surface area (Å²) in [6, 6.07) is 10.9. The molecule has 4 atom stereocenters. The summed E-state index contributed by atoms with van der Waals surface area (Å²) < 4.78 is 0. The molecule has 4 unspecified atom stereocenters. The molecule has 1 aliphatic heterocycles. The van der Waals surface area contributed by atoms with E-state index >= 15 is 0 Å². The Morgan fingerprint density at radius 3 is 2.70 bits per heavy atom. The second kappa shape index (κ2) is 5.23. The number of carbonyl (C=O) groups excluding carboxylic acids is 1. The highest BCUT2D eigenvalue weighted by Gasteiger charge is 2.51. The fourth-order valence-corrected chi connectivity index (χ4v) is 4.42. The van der Waals surface area contributed by atoms with Crippen LogP contribution in [0.3, 0.4) is 0 Å². The van der Waals surface area contributed by atoms with Gasteiger partial charge in [0.15, 0.2) is 0 Å². The van der Waals surface area contributed by atoms with Gasteiger partial charge in [0.05, 0.1) is 0 Å². The first-order valence-electron chi connectivity index (χ1n) is 7.93. The highest BCUT2D eigenvalue weighted by Crippen LogP contribution is 2.51. The number of nitrogens with one attached hydrogen (secondary N) is 1. The zero-order valence-electron chi connectivity index (χ0n) is 12.6. The van der Waals surface area contributed by atoms with E-state index in [1.807, 2.05) is 0 Å². The summed E-state index contributed by atoms with van der Waals surface area (Å²) in [5.74, 6) is 1.65. The maximum atomic E-state index is 12.1. The normalized spacial score (nSPS) is 37.1. The molecule has 2 heteroatoms. The number of carbonyl (C=O) groups is 1. The van der Waals surface area contributed by atoms with Crippen LogP contribution in [0.4, 0.5) is 0 Å². The van der Waals surface area contributed by atoms with Gasteiger partial charge in [0.1, 0.15) is 0 Å². The van der Waals surface area contributed by atoms with E-state index in [1.165, 1.54) is 24.8 Å². The van der Waals surface area contributed by atoms with Crippen LogP contribution in [0, 0.1) is 17.3 Å². The van der Waals surface area contributed by atoms with Crippen molar-refractivity contribution in [3.8, 4) is 0 Å². The van der Waals surface area contributed by atoms with Crippen molar-refractivity contribution >= 4 is 5.91 Å². The van der Waals surface area contributed by atoms with E-state index in [-0.39, 0.29) is 11.3 Å². The lowest BCUT2D eigenvalue weighted by molar-refractivity contribution is -0.120. The molecular formula is C18H25NO. The smallest absolute Gasteiger partial charge is 0.220 e. The van der Waals surface area contributed by atoms with Crippen LogP contribution in [-0.2, 0) is 11.2 Å². The maximum Gasteiger partial charge on any atom is 0.220 e. The summed E-state index contributed by atoms with van der Waals surface area (Å²) >= 11 is 0. The van der Waals surface area contributed by atoms with Crippen molar-refractivity contribution in [1.82, 2.24) is 5.32 Å². The molecule has 2 aliphatic rings. The zero-order chi connectivity index (χ0) is 14.2.